The molecule has 2 aromatic carbocycles. The fraction of sp³-hybridized carbons (Fsp3) is 0.167. The first-order valence-electron chi connectivity index (χ1n) is 7.89. The number of aromatic nitrogens is 3. The van der Waals surface area contributed by atoms with E-state index in [-0.39, 0.29) is 5.95 Å². The first-order chi connectivity index (χ1) is 13.1. The average Bonchev–Trinajstić information content (AvgIpc) is 3.07. The molecule has 0 bridgehead atoms. The third-order valence-electron chi connectivity index (χ3n) is 3.79. The fourth-order valence-electron chi connectivity index (χ4n) is 2.53. The van der Waals surface area contributed by atoms with Crippen LogP contribution in [0, 0.1) is 11.3 Å². The molecule has 0 atom stereocenters. The maximum atomic E-state index is 8.90. The lowest BCUT2D eigenvalue weighted by Crippen LogP contribution is -2.02. The summed E-state index contributed by atoms with van der Waals surface area (Å²) in [6.45, 7) is 0. The van der Waals surface area contributed by atoms with Gasteiger partial charge in [-0.2, -0.15) is 14.9 Å². The average molecular weight is 366 g/mol. The zero-order valence-corrected chi connectivity index (χ0v) is 15.1. The van der Waals surface area contributed by atoms with Crippen LogP contribution in [0.15, 0.2) is 36.4 Å². The van der Waals surface area contributed by atoms with Crippen LogP contribution in [0.4, 0.5) is 17.6 Å². The number of benzene rings is 2. The zero-order valence-electron chi connectivity index (χ0n) is 15.1. The highest BCUT2D eigenvalue weighted by Gasteiger charge is 2.15. The van der Waals surface area contributed by atoms with Crippen molar-refractivity contribution in [2.75, 3.05) is 32.4 Å². The maximum absolute atomic E-state index is 8.90. The van der Waals surface area contributed by atoms with Crippen LogP contribution in [0.25, 0.3) is 5.69 Å². The second-order valence-corrected chi connectivity index (χ2v) is 5.40. The van der Waals surface area contributed by atoms with E-state index in [2.05, 4.69) is 21.5 Å². The van der Waals surface area contributed by atoms with E-state index >= 15 is 0 Å². The van der Waals surface area contributed by atoms with Gasteiger partial charge in [0.25, 0.3) is 0 Å². The van der Waals surface area contributed by atoms with E-state index < -0.39 is 0 Å². The van der Waals surface area contributed by atoms with Crippen LogP contribution in [-0.4, -0.2) is 36.1 Å². The number of nitriles is 1. The molecule has 3 aromatic rings. The van der Waals surface area contributed by atoms with E-state index in [4.69, 9.17) is 25.2 Å². The number of ether oxygens (including phenoxy) is 3. The number of hydrogen-bond donors (Lipinski definition) is 2. The summed E-state index contributed by atoms with van der Waals surface area (Å²) in [5.74, 6) is 1.99. The normalized spacial score (nSPS) is 10.1. The van der Waals surface area contributed by atoms with E-state index in [0.29, 0.717) is 40.1 Å². The molecule has 0 saturated heterocycles. The van der Waals surface area contributed by atoms with Gasteiger partial charge in [-0.05, 0) is 24.3 Å². The molecule has 1 aromatic heterocycles. The maximum Gasteiger partial charge on any atom is 0.248 e. The van der Waals surface area contributed by atoms with Gasteiger partial charge >= 0.3 is 0 Å². The van der Waals surface area contributed by atoms with Gasteiger partial charge in [0.15, 0.2) is 11.5 Å². The van der Waals surface area contributed by atoms with E-state index in [1.807, 2.05) is 0 Å². The molecule has 0 spiro atoms. The molecule has 9 nitrogen and oxygen atoms in total. The van der Waals surface area contributed by atoms with Crippen molar-refractivity contribution in [2.45, 2.75) is 0 Å². The number of nitrogens with two attached hydrogens (primary N) is 1. The highest BCUT2D eigenvalue weighted by Crippen LogP contribution is 2.40. The molecule has 0 amide bonds. The molecule has 0 aliphatic rings. The van der Waals surface area contributed by atoms with Crippen molar-refractivity contribution in [3.05, 3.63) is 42.0 Å². The van der Waals surface area contributed by atoms with Crippen molar-refractivity contribution >= 4 is 17.6 Å². The first kappa shape index (κ1) is 17.9. The van der Waals surface area contributed by atoms with Crippen LogP contribution < -0.4 is 25.3 Å². The Morgan fingerprint density at radius 3 is 2.19 bits per heavy atom. The largest absolute Gasteiger partial charge is 0.493 e. The fourth-order valence-corrected chi connectivity index (χ4v) is 2.53. The Hall–Kier alpha value is -3.93. The molecule has 0 unspecified atom stereocenters. The molecular formula is C18H18N6O3. The Bertz CT molecular complexity index is 966. The quantitative estimate of drug-likeness (QED) is 0.683. The molecule has 0 radical (unpaired) electrons. The number of methoxy groups -OCH3 is 3. The Labute approximate surface area is 155 Å². The topological polar surface area (TPSA) is 120 Å². The molecule has 0 fully saturated rings. The lowest BCUT2D eigenvalue weighted by atomic mass is 10.2. The molecule has 27 heavy (non-hydrogen) atoms. The highest BCUT2D eigenvalue weighted by atomic mass is 16.5. The summed E-state index contributed by atoms with van der Waals surface area (Å²) in [6, 6.07) is 12.4. The molecule has 0 aliphatic carbocycles. The summed E-state index contributed by atoms with van der Waals surface area (Å²) in [5, 5.41) is 16.3. The van der Waals surface area contributed by atoms with Gasteiger partial charge in [-0.25, -0.2) is 0 Å². The lowest BCUT2D eigenvalue weighted by Gasteiger charge is -2.14. The minimum absolute atomic E-state index is 0.203. The second kappa shape index (κ2) is 7.53. The Morgan fingerprint density at radius 1 is 1.04 bits per heavy atom. The number of rotatable bonds is 6. The van der Waals surface area contributed by atoms with Gasteiger partial charge in [0.2, 0.25) is 17.6 Å². The van der Waals surface area contributed by atoms with Crippen LogP contribution in [0.5, 0.6) is 17.2 Å². The van der Waals surface area contributed by atoms with Gasteiger partial charge in [0.1, 0.15) is 0 Å². The van der Waals surface area contributed by atoms with E-state index in [0.717, 1.165) is 0 Å². The predicted octanol–water partition coefficient (Wildman–Crippen LogP) is 2.49. The van der Waals surface area contributed by atoms with Crippen LogP contribution in [-0.2, 0) is 0 Å². The molecular weight excluding hydrogens is 348 g/mol. The van der Waals surface area contributed by atoms with E-state index in [9.17, 15) is 0 Å². The summed E-state index contributed by atoms with van der Waals surface area (Å²) >= 11 is 0. The molecule has 0 saturated carbocycles. The predicted molar refractivity (Wildman–Crippen MR) is 99.9 cm³/mol. The number of nitrogens with zero attached hydrogens (tertiary/aromatic N) is 4. The summed E-state index contributed by atoms with van der Waals surface area (Å²) < 4.78 is 17.5. The van der Waals surface area contributed by atoms with Crippen molar-refractivity contribution in [3.8, 4) is 29.0 Å². The molecule has 138 valence electrons. The third-order valence-corrected chi connectivity index (χ3v) is 3.79. The molecule has 3 rings (SSSR count). The minimum Gasteiger partial charge on any atom is -0.493 e. The SMILES string of the molecule is COc1cc(Nc2nc(N)n(-c3ccc(C#N)cc3)n2)cc(OC)c1OC. The number of anilines is 3. The van der Waals surface area contributed by atoms with E-state index in [1.54, 1.807) is 36.4 Å². The summed E-state index contributed by atoms with van der Waals surface area (Å²) in [6.07, 6.45) is 0. The molecule has 1 heterocycles. The standard InChI is InChI=1S/C18H18N6O3/c1-25-14-8-12(9-15(26-2)16(14)27-3)21-18-22-17(20)24(23-18)13-6-4-11(10-19)5-7-13/h4-9H,1-3H3,(H3,20,21,22,23). The molecule has 9 heteroatoms. The zero-order chi connectivity index (χ0) is 19.4. The van der Waals surface area contributed by atoms with Gasteiger partial charge in [0, 0.05) is 17.8 Å². The Balaban J connectivity index is 1.92. The first-order valence-corrected chi connectivity index (χ1v) is 7.89. The smallest absolute Gasteiger partial charge is 0.248 e. The monoisotopic (exact) mass is 366 g/mol. The van der Waals surface area contributed by atoms with Gasteiger partial charge in [-0.15, -0.1) is 5.10 Å². The van der Waals surface area contributed by atoms with Crippen molar-refractivity contribution in [2.24, 2.45) is 0 Å². The van der Waals surface area contributed by atoms with Gasteiger partial charge in [-0.1, -0.05) is 0 Å². The minimum atomic E-state index is 0.203. The number of nitrogen functional groups attached to an aromatic ring is 1. The van der Waals surface area contributed by atoms with Crippen LogP contribution >= 0.6 is 0 Å². The summed E-state index contributed by atoms with van der Waals surface area (Å²) in [4.78, 5) is 4.22. The Morgan fingerprint density at radius 2 is 1.67 bits per heavy atom. The number of hydrogen-bond acceptors (Lipinski definition) is 8. The Kier molecular flexibility index (Phi) is 4.99. The van der Waals surface area contributed by atoms with Crippen LogP contribution in [0.2, 0.25) is 0 Å². The second-order valence-electron chi connectivity index (χ2n) is 5.40. The van der Waals surface area contributed by atoms with Crippen molar-refractivity contribution in [1.82, 2.24) is 14.8 Å². The van der Waals surface area contributed by atoms with E-state index in [1.165, 1.54) is 26.0 Å². The van der Waals surface area contributed by atoms with Crippen LogP contribution in [0.3, 0.4) is 0 Å². The summed E-state index contributed by atoms with van der Waals surface area (Å²) in [7, 11) is 4.61. The lowest BCUT2D eigenvalue weighted by molar-refractivity contribution is 0.324. The summed E-state index contributed by atoms with van der Waals surface area (Å²) in [5.41, 5.74) is 7.85. The molecule has 0 aliphatic heterocycles. The third kappa shape index (κ3) is 3.55. The van der Waals surface area contributed by atoms with Gasteiger partial charge in [0.05, 0.1) is 38.6 Å². The van der Waals surface area contributed by atoms with Crippen molar-refractivity contribution < 1.29 is 14.2 Å². The van der Waals surface area contributed by atoms with Crippen molar-refractivity contribution in [3.63, 3.8) is 0 Å². The van der Waals surface area contributed by atoms with Crippen molar-refractivity contribution in [1.29, 1.82) is 5.26 Å². The van der Waals surface area contributed by atoms with Crippen LogP contribution in [0.1, 0.15) is 5.56 Å². The van der Waals surface area contributed by atoms with Gasteiger partial charge in [-0.3, -0.25) is 0 Å². The molecule has 3 N–H and O–H groups in total. The van der Waals surface area contributed by atoms with Gasteiger partial charge < -0.3 is 25.3 Å². The highest BCUT2D eigenvalue weighted by molar-refractivity contribution is 5.66. The number of nitrogens with one attached hydrogen (secondary N) is 1.